The van der Waals surface area contributed by atoms with Crippen molar-refractivity contribution < 1.29 is 9.13 Å². The van der Waals surface area contributed by atoms with E-state index < -0.39 is 5.82 Å². The Hall–Kier alpha value is -0.800. The first kappa shape index (κ1) is 14.3. The molecule has 0 aromatic heterocycles. The number of halogens is 2. The molecule has 1 unspecified atom stereocenters. The highest BCUT2D eigenvalue weighted by atomic mass is 35.5. The van der Waals surface area contributed by atoms with E-state index in [0.717, 1.165) is 18.4 Å². The first-order valence-corrected chi connectivity index (χ1v) is 6.32. The fourth-order valence-electron chi connectivity index (χ4n) is 1.50. The number of hydrogen-bond donors (Lipinski definition) is 1. The van der Waals surface area contributed by atoms with Crippen molar-refractivity contribution in [3.05, 3.63) is 28.5 Å². The maximum atomic E-state index is 13.4. The predicted octanol–water partition coefficient (Wildman–Crippen LogP) is 3.55. The van der Waals surface area contributed by atoms with Crippen molar-refractivity contribution >= 4 is 11.6 Å². The minimum absolute atomic E-state index is 0.0135. The Bertz CT molecular complexity index is 371. The topological polar surface area (TPSA) is 35.2 Å². The van der Waals surface area contributed by atoms with E-state index in [4.69, 9.17) is 22.1 Å². The van der Waals surface area contributed by atoms with Gasteiger partial charge in [-0.25, -0.2) is 4.39 Å². The maximum absolute atomic E-state index is 13.4. The molecule has 0 saturated heterocycles. The van der Waals surface area contributed by atoms with Gasteiger partial charge in [0.25, 0.3) is 0 Å². The molecule has 0 spiro atoms. The van der Waals surface area contributed by atoms with Gasteiger partial charge in [-0.15, -0.1) is 0 Å². The van der Waals surface area contributed by atoms with Crippen molar-refractivity contribution in [2.24, 2.45) is 5.73 Å². The first-order chi connectivity index (χ1) is 8.08. The molecule has 1 rings (SSSR count). The molecule has 0 fully saturated rings. The molecule has 0 saturated carbocycles. The fraction of sp³-hybridized carbons (Fsp3) is 0.538. The summed E-state index contributed by atoms with van der Waals surface area (Å²) in [5, 5.41) is 0.0879. The van der Waals surface area contributed by atoms with E-state index in [1.807, 2.05) is 13.8 Å². The highest BCUT2D eigenvalue weighted by Gasteiger charge is 2.12. The van der Waals surface area contributed by atoms with Crippen LogP contribution in [0.2, 0.25) is 5.02 Å². The Labute approximate surface area is 107 Å². The predicted molar refractivity (Wildman–Crippen MR) is 69.2 cm³/mol. The van der Waals surface area contributed by atoms with E-state index in [9.17, 15) is 4.39 Å². The lowest BCUT2D eigenvalue weighted by atomic mass is 10.0. The molecular formula is C13H19ClFNO. The van der Waals surface area contributed by atoms with Crippen LogP contribution in [0.1, 0.15) is 32.3 Å². The summed E-state index contributed by atoms with van der Waals surface area (Å²) in [6.07, 6.45) is 2.34. The van der Waals surface area contributed by atoms with Crippen LogP contribution in [-0.4, -0.2) is 12.6 Å². The standard InChI is InChI=1S/C13H19ClFNO/c1-3-5-17-13-8-11(14)12(15)7-9(13)6-10(16)4-2/h7-8,10H,3-6,16H2,1-2H3. The van der Waals surface area contributed by atoms with Gasteiger partial charge in [-0.05, 0) is 30.9 Å². The molecule has 0 aliphatic carbocycles. The van der Waals surface area contributed by atoms with Crippen LogP contribution in [0.3, 0.4) is 0 Å². The molecule has 0 aliphatic rings. The van der Waals surface area contributed by atoms with E-state index >= 15 is 0 Å². The number of ether oxygens (including phenoxy) is 1. The van der Waals surface area contributed by atoms with Gasteiger partial charge in [-0.3, -0.25) is 0 Å². The van der Waals surface area contributed by atoms with Gasteiger partial charge in [-0.2, -0.15) is 0 Å². The average Bonchev–Trinajstić information content (AvgIpc) is 2.31. The largest absolute Gasteiger partial charge is 0.493 e. The molecule has 2 nitrogen and oxygen atoms in total. The van der Waals surface area contributed by atoms with Gasteiger partial charge >= 0.3 is 0 Å². The Morgan fingerprint density at radius 1 is 1.41 bits per heavy atom. The van der Waals surface area contributed by atoms with E-state index in [-0.39, 0.29) is 11.1 Å². The van der Waals surface area contributed by atoms with Crippen molar-refractivity contribution in [3.8, 4) is 5.75 Å². The maximum Gasteiger partial charge on any atom is 0.142 e. The lowest BCUT2D eigenvalue weighted by molar-refractivity contribution is 0.312. The highest BCUT2D eigenvalue weighted by Crippen LogP contribution is 2.27. The number of hydrogen-bond acceptors (Lipinski definition) is 2. The Morgan fingerprint density at radius 2 is 2.12 bits per heavy atom. The van der Waals surface area contributed by atoms with E-state index in [1.54, 1.807) is 0 Å². The fourth-order valence-corrected chi connectivity index (χ4v) is 1.66. The molecular weight excluding hydrogens is 241 g/mol. The van der Waals surface area contributed by atoms with Gasteiger partial charge in [0.05, 0.1) is 11.6 Å². The van der Waals surface area contributed by atoms with Gasteiger partial charge in [0.1, 0.15) is 11.6 Å². The monoisotopic (exact) mass is 259 g/mol. The zero-order valence-electron chi connectivity index (χ0n) is 10.3. The number of nitrogens with two attached hydrogens (primary N) is 1. The molecule has 1 aromatic rings. The van der Waals surface area contributed by atoms with Gasteiger partial charge in [-0.1, -0.05) is 25.4 Å². The SMILES string of the molecule is CCCOc1cc(Cl)c(F)cc1CC(N)CC. The van der Waals surface area contributed by atoms with E-state index in [2.05, 4.69) is 0 Å². The summed E-state index contributed by atoms with van der Waals surface area (Å²) in [6.45, 7) is 4.61. The summed E-state index contributed by atoms with van der Waals surface area (Å²) in [4.78, 5) is 0. The summed E-state index contributed by atoms with van der Waals surface area (Å²) in [6, 6.07) is 2.96. The van der Waals surface area contributed by atoms with Gasteiger partial charge < -0.3 is 10.5 Å². The first-order valence-electron chi connectivity index (χ1n) is 5.94. The number of rotatable bonds is 6. The number of benzene rings is 1. The lowest BCUT2D eigenvalue weighted by Crippen LogP contribution is -2.22. The molecule has 0 aliphatic heterocycles. The zero-order valence-corrected chi connectivity index (χ0v) is 11.1. The Kier molecular flexibility index (Phi) is 5.72. The minimum Gasteiger partial charge on any atom is -0.493 e. The molecule has 1 aromatic carbocycles. The molecule has 1 atom stereocenters. The minimum atomic E-state index is -0.422. The summed E-state index contributed by atoms with van der Waals surface area (Å²) >= 11 is 5.75. The van der Waals surface area contributed by atoms with Crippen LogP contribution in [0.4, 0.5) is 4.39 Å². The van der Waals surface area contributed by atoms with Crippen LogP contribution in [0.5, 0.6) is 5.75 Å². The van der Waals surface area contributed by atoms with Gasteiger partial charge in [0.15, 0.2) is 0 Å². The van der Waals surface area contributed by atoms with Crippen LogP contribution in [-0.2, 0) is 6.42 Å². The quantitative estimate of drug-likeness (QED) is 0.848. The van der Waals surface area contributed by atoms with Gasteiger partial charge in [0.2, 0.25) is 0 Å². The Balaban J connectivity index is 2.94. The molecule has 96 valence electrons. The summed E-state index contributed by atoms with van der Waals surface area (Å²) in [5.74, 6) is 0.218. The molecule has 2 N–H and O–H groups in total. The third kappa shape index (κ3) is 4.17. The lowest BCUT2D eigenvalue weighted by Gasteiger charge is -2.15. The summed E-state index contributed by atoms with van der Waals surface area (Å²) in [7, 11) is 0. The van der Waals surface area contributed by atoms with Crippen molar-refractivity contribution in [1.29, 1.82) is 0 Å². The van der Waals surface area contributed by atoms with Gasteiger partial charge in [0, 0.05) is 12.1 Å². The summed E-state index contributed by atoms with van der Waals surface area (Å²) in [5.41, 5.74) is 6.67. The summed E-state index contributed by atoms with van der Waals surface area (Å²) < 4.78 is 19.0. The van der Waals surface area contributed by atoms with Crippen molar-refractivity contribution in [1.82, 2.24) is 0 Å². The molecule has 4 heteroatoms. The molecule has 0 heterocycles. The molecule has 0 radical (unpaired) electrons. The zero-order chi connectivity index (χ0) is 12.8. The van der Waals surface area contributed by atoms with Crippen molar-refractivity contribution in [3.63, 3.8) is 0 Å². The average molecular weight is 260 g/mol. The van der Waals surface area contributed by atoms with E-state index in [0.29, 0.717) is 18.8 Å². The molecule has 17 heavy (non-hydrogen) atoms. The van der Waals surface area contributed by atoms with E-state index in [1.165, 1.54) is 12.1 Å². The third-order valence-electron chi connectivity index (χ3n) is 2.57. The Morgan fingerprint density at radius 3 is 2.71 bits per heavy atom. The second kappa shape index (κ2) is 6.82. The highest BCUT2D eigenvalue weighted by molar-refractivity contribution is 6.30. The second-order valence-electron chi connectivity index (χ2n) is 4.09. The van der Waals surface area contributed by atoms with Crippen molar-refractivity contribution in [2.45, 2.75) is 39.2 Å². The van der Waals surface area contributed by atoms with Crippen LogP contribution in [0, 0.1) is 5.82 Å². The second-order valence-corrected chi connectivity index (χ2v) is 4.50. The van der Waals surface area contributed by atoms with Crippen LogP contribution in [0.15, 0.2) is 12.1 Å². The molecule has 0 amide bonds. The smallest absolute Gasteiger partial charge is 0.142 e. The normalized spacial score (nSPS) is 12.5. The third-order valence-corrected chi connectivity index (χ3v) is 2.86. The van der Waals surface area contributed by atoms with Crippen LogP contribution >= 0.6 is 11.6 Å². The van der Waals surface area contributed by atoms with Crippen LogP contribution in [0.25, 0.3) is 0 Å². The molecule has 0 bridgehead atoms. The van der Waals surface area contributed by atoms with Crippen molar-refractivity contribution in [2.75, 3.05) is 6.61 Å². The van der Waals surface area contributed by atoms with Crippen LogP contribution < -0.4 is 10.5 Å².